The van der Waals surface area contributed by atoms with Crippen LogP contribution in [0.4, 0.5) is 5.69 Å². The van der Waals surface area contributed by atoms with E-state index in [9.17, 15) is 13.5 Å². The Kier molecular flexibility index (Phi) is 3.70. The minimum Gasteiger partial charge on any atom is -0.504 e. The molecule has 0 bridgehead atoms. The number of hydrogen-bond donors (Lipinski definition) is 2. The van der Waals surface area contributed by atoms with Gasteiger partial charge in [0.25, 0.3) is 0 Å². The van der Waals surface area contributed by atoms with E-state index in [2.05, 4.69) is 0 Å². The number of sulfone groups is 1. The second-order valence-corrected chi connectivity index (χ2v) is 6.74. The summed E-state index contributed by atoms with van der Waals surface area (Å²) in [5.41, 5.74) is 5.52. The van der Waals surface area contributed by atoms with Gasteiger partial charge in [-0.2, -0.15) is 0 Å². The normalized spacial score (nSPS) is 17.8. The number of phenolic OH excluding ortho intramolecular Hbond substituents is 1. The number of rotatable bonds is 2. The van der Waals surface area contributed by atoms with Crippen LogP contribution in [0.2, 0.25) is 5.02 Å². The number of aromatic hydroxyl groups is 1. The van der Waals surface area contributed by atoms with Gasteiger partial charge in [-0.3, -0.25) is 0 Å². The first-order valence-corrected chi connectivity index (χ1v) is 7.45. The average molecular weight is 292 g/mol. The first-order valence-electron chi connectivity index (χ1n) is 5.53. The van der Waals surface area contributed by atoms with Crippen molar-refractivity contribution in [2.45, 2.75) is 23.0 Å². The second kappa shape index (κ2) is 4.95. The van der Waals surface area contributed by atoms with Crippen molar-refractivity contribution in [3.63, 3.8) is 0 Å². The maximum Gasteiger partial charge on any atom is 0.186 e. The summed E-state index contributed by atoms with van der Waals surface area (Å²) in [6.07, 6.45) is 0.791. The Bertz CT molecular complexity index is 552. The lowest BCUT2D eigenvalue weighted by molar-refractivity contribution is 0.0983. The lowest BCUT2D eigenvalue weighted by Crippen LogP contribution is -2.29. The fourth-order valence-electron chi connectivity index (χ4n) is 1.99. The van der Waals surface area contributed by atoms with E-state index in [1.807, 2.05) is 0 Å². The lowest BCUT2D eigenvalue weighted by Gasteiger charge is -2.23. The second-order valence-electron chi connectivity index (χ2n) is 4.17. The van der Waals surface area contributed by atoms with E-state index in [0.717, 1.165) is 0 Å². The van der Waals surface area contributed by atoms with Gasteiger partial charge in [-0.05, 0) is 25.0 Å². The number of nitrogen functional groups attached to an aromatic ring is 1. The van der Waals surface area contributed by atoms with Gasteiger partial charge in [0.05, 0.1) is 16.0 Å². The number of ether oxygens (including phenoxy) is 1. The molecule has 1 saturated heterocycles. The van der Waals surface area contributed by atoms with Crippen LogP contribution in [0.3, 0.4) is 0 Å². The molecule has 0 aromatic heterocycles. The van der Waals surface area contributed by atoms with Gasteiger partial charge >= 0.3 is 0 Å². The Labute approximate surface area is 110 Å². The number of nitrogens with two attached hydrogens (primary N) is 1. The highest BCUT2D eigenvalue weighted by Gasteiger charge is 2.33. The van der Waals surface area contributed by atoms with Crippen LogP contribution in [0.25, 0.3) is 0 Å². The van der Waals surface area contributed by atoms with Crippen molar-refractivity contribution in [2.24, 2.45) is 0 Å². The van der Waals surface area contributed by atoms with Crippen LogP contribution in [-0.4, -0.2) is 32.0 Å². The molecule has 5 nitrogen and oxygen atoms in total. The Morgan fingerprint density at radius 2 is 1.94 bits per heavy atom. The van der Waals surface area contributed by atoms with Crippen molar-refractivity contribution in [2.75, 3.05) is 18.9 Å². The molecule has 18 heavy (non-hydrogen) atoms. The summed E-state index contributed by atoms with van der Waals surface area (Å²) in [6.45, 7) is 0.787. The first kappa shape index (κ1) is 13.5. The molecular formula is C11H14ClNO4S. The molecule has 0 radical (unpaired) electrons. The number of hydrogen-bond acceptors (Lipinski definition) is 5. The number of halogens is 1. The summed E-state index contributed by atoms with van der Waals surface area (Å²) in [7, 11) is -3.69. The fraction of sp³-hybridized carbons (Fsp3) is 0.455. The Balaban J connectivity index is 2.50. The third kappa shape index (κ3) is 2.28. The molecule has 3 N–H and O–H groups in total. The highest BCUT2D eigenvalue weighted by Crippen LogP contribution is 2.38. The molecule has 100 valence electrons. The molecule has 1 aliphatic heterocycles. The molecule has 2 rings (SSSR count). The molecule has 1 fully saturated rings. The third-order valence-corrected chi connectivity index (χ3v) is 5.76. The van der Waals surface area contributed by atoms with E-state index in [4.69, 9.17) is 22.1 Å². The minimum absolute atomic E-state index is 0.00466. The standard InChI is InChI=1S/C11H14ClNO4S/c12-8-1-2-9(13)10(14)11(8)18(15,16)7-3-5-17-6-4-7/h1-2,7,14H,3-6,13H2. The van der Waals surface area contributed by atoms with E-state index < -0.39 is 20.8 Å². The third-order valence-electron chi connectivity index (χ3n) is 3.01. The van der Waals surface area contributed by atoms with Crippen LogP contribution < -0.4 is 5.73 Å². The summed E-state index contributed by atoms with van der Waals surface area (Å²) < 4.78 is 30.0. The smallest absolute Gasteiger partial charge is 0.186 e. The summed E-state index contributed by atoms with van der Waals surface area (Å²) in [5.74, 6) is -0.464. The van der Waals surface area contributed by atoms with Crippen LogP contribution in [0, 0.1) is 0 Å². The molecule has 7 heteroatoms. The van der Waals surface area contributed by atoms with Crippen LogP contribution in [0.5, 0.6) is 5.75 Å². The van der Waals surface area contributed by atoms with Crippen molar-refractivity contribution in [1.82, 2.24) is 0 Å². The largest absolute Gasteiger partial charge is 0.504 e. The van der Waals surface area contributed by atoms with Crippen LogP contribution in [0.1, 0.15) is 12.8 Å². The van der Waals surface area contributed by atoms with Gasteiger partial charge < -0.3 is 15.6 Å². The molecule has 1 aromatic rings. The van der Waals surface area contributed by atoms with Gasteiger partial charge in [-0.25, -0.2) is 8.42 Å². The van der Waals surface area contributed by atoms with Gasteiger partial charge in [0, 0.05) is 13.2 Å². The summed E-state index contributed by atoms with van der Waals surface area (Å²) in [4.78, 5) is -0.268. The quantitative estimate of drug-likeness (QED) is 0.638. The van der Waals surface area contributed by atoms with Gasteiger partial charge in [0.2, 0.25) is 0 Å². The lowest BCUT2D eigenvalue weighted by atomic mass is 10.2. The van der Waals surface area contributed by atoms with E-state index in [0.29, 0.717) is 26.1 Å². The van der Waals surface area contributed by atoms with Gasteiger partial charge in [-0.15, -0.1) is 0 Å². The van der Waals surface area contributed by atoms with Crippen LogP contribution >= 0.6 is 11.6 Å². The highest BCUT2D eigenvalue weighted by atomic mass is 35.5. The van der Waals surface area contributed by atoms with Gasteiger partial charge in [0.1, 0.15) is 4.90 Å². The SMILES string of the molecule is Nc1ccc(Cl)c(S(=O)(=O)C2CCOCC2)c1O. The zero-order chi connectivity index (χ0) is 13.3. The number of anilines is 1. The van der Waals surface area contributed by atoms with Crippen molar-refractivity contribution in [3.05, 3.63) is 17.2 Å². The average Bonchev–Trinajstić information content (AvgIpc) is 2.35. The number of phenols is 1. The molecule has 0 atom stereocenters. The summed E-state index contributed by atoms with van der Waals surface area (Å²) in [6, 6.07) is 2.75. The van der Waals surface area contributed by atoms with Gasteiger partial charge in [-0.1, -0.05) is 11.6 Å². The van der Waals surface area contributed by atoms with Crippen LogP contribution in [-0.2, 0) is 14.6 Å². The highest BCUT2D eigenvalue weighted by molar-refractivity contribution is 7.92. The zero-order valence-corrected chi connectivity index (χ0v) is 11.2. The monoisotopic (exact) mass is 291 g/mol. The molecule has 1 aliphatic rings. The predicted octanol–water partition coefficient (Wildman–Crippen LogP) is 1.58. The fourth-order valence-corrected chi connectivity index (χ4v) is 4.33. The molecule has 1 aromatic carbocycles. The molecule has 0 amide bonds. The Morgan fingerprint density at radius 3 is 2.56 bits per heavy atom. The van der Waals surface area contributed by atoms with Crippen LogP contribution in [0.15, 0.2) is 17.0 Å². The molecular weight excluding hydrogens is 278 g/mol. The molecule has 1 heterocycles. The minimum atomic E-state index is -3.69. The van der Waals surface area contributed by atoms with E-state index >= 15 is 0 Å². The zero-order valence-electron chi connectivity index (χ0n) is 9.60. The van der Waals surface area contributed by atoms with Gasteiger partial charge in [0.15, 0.2) is 15.6 Å². The maximum atomic E-state index is 12.4. The number of benzene rings is 1. The van der Waals surface area contributed by atoms with E-state index in [1.54, 1.807) is 0 Å². The maximum absolute atomic E-state index is 12.4. The van der Waals surface area contributed by atoms with Crippen molar-refractivity contribution < 1.29 is 18.3 Å². The Hall–Kier alpha value is -0.980. The summed E-state index contributed by atoms with van der Waals surface area (Å²) >= 11 is 5.88. The molecule has 0 aliphatic carbocycles. The van der Waals surface area contributed by atoms with E-state index in [-0.39, 0.29) is 15.6 Å². The molecule has 0 spiro atoms. The first-order chi connectivity index (χ1) is 8.44. The molecule has 0 saturated carbocycles. The Morgan fingerprint density at radius 1 is 1.33 bits per heavy atom. The summed E-state index contributed by atoms with van der Waals surface area (Å²) in [5, 5.41) is 9.23. The van der Waals surface area contributed by atoms with E-state index in [1.165, 1.54) is 12.1 Å². The van der Waals surface area contributed by atoms with Crippen molar-refractivity contribution >= 4 is 27.1 Å². The predicted molar refractivity (Wildman–Crippen MR) is 68.6 cm³/mol. The van der Waals surface area contributed by atoms with Crippen molar-refractivity contribution in [1.29, 1.82) is 0 Å². The molecule has 0 unspecified atom stereocenters. The topological polar surface area (TPSA) is 89.6 Å². The van der Waals surface area contributed by atoms with Crippen molar-refractivity contribution in [3.8, 4) is 5.75 Å².